The number of carboxylic acids is 1. The second-order valence-electron chi connectivity index (χ2n) is 8.81. The predicted molar refractivity (Wildman–Crippen MR) is 112 cm³/mol. The van der Waals surface area contributed by atoms with Gasteiger partial charge in [0.25, 0.3) is 11.8 Å². The first-order valence-corrected chi connectivity index (χ1v) is 12.4. The SMILES string of the molecule is CC(C)(C)[Si](C)(C)Oc1ccc(F)c(C(=O)O)c1CN1C(=O)c2ccccc2C1=O. The van der Waals surface area contributed by atoms with Crippen molar-refractivity contribution >= 4 is 26.1 Å². The first-order chi connectivity index (χ1) is 13.8. The molecule has 1 N–H and O–H groups in total. The highest BCUT2D eigenvalue weighted by molar-refractivity contribution is 6.74. The van der Waals surface area contributed by atoms with Gasteiger partial charge < -0.3 is 9.53 Å². The summed E-state index contributed by atoms with van der Waals surface area (Å²) in [5.74, 6) is -3.35. The van der Waals surface area contributed by atoms with E-state index in [4.69, 9.17) is 4.43 Å². The number of rotatable bonds is 5. The Morgan fingerprint density at radius 3 is 2.07 bits per heavy atom. The van der Waals surface area contributed by atoms with Crippen LogP contribution in [0.4, 0.5) is 4.39 Å². The fourth-order valence-corrected chi connectivity index (χ4v) is 4.10. The van der Waals surface area contributed by atoms with Crippen LogP contribution in [-0.2, 0) is 6.54 Å². The Hall–Kier alpha value is -3.00. The van der Waals surface area contributed by atoms with E-state index in [-0.39, 0.29) is 27.5 Å². The Balaban J connectivity index is 2.10. The van der Waals surface area contributed by atoms with E-state index in [1.54, 1.807) is 12.1 Å². The van der Waals surface area contributed by atoms with E-state index < -0.39 is 44.0 Å². The molecule has 0 bridgehead atoms. The van der Waals surface area contributed by atoms with Gasteiger partial charge in [0.05, 0.1) is 17.7 Å². The van der Waals surface area contributed by atoms with Gasteiger partial charge in [-0.2, -0.15) is 0 Å². The first kappa shape index (κ1) is 21.7. The molecule has 30 heavy (non-hydrogen) atoms. The van der Waals surface area contributed by atoms with Crippen molar-refractivity contribution in [2.45, 2.75) is 45.4 Å². The summed E-state index contributed by atoms with van der Waals surface area (Å²) in [7, 11) is -2.41. The molecule has 0 saturated carbocycles. The van der Waals surface area contributed by atoms with Crippen LogP contribution in [0.2, 0.25) is 18.1 Å². The number of amides is 2. The van der Waals surface area contributed by atoms with Crippen molar-refractivity contribution in [1.82, 2.24) is 4.90 Å². The van der Waals surface area contributed by atoms with Crippen LogP contribution in [0.1, 0.15) is 57.4 Å². The summed E-state index contributed by atoms with van der Waals surface area (Å²) in [6.45, 7) is 9.61. The molecule has 0 aromatic heterocycles. The van der Waals surface area contributed by atoms with E-state index in [9.17, 15) is 23.9 Å². The number of nitrogens with zero attached hydrogens (tertiary/aromatic N) is 1. The van der Waals surface area contributed by atoms with E-state index in [1.807, 2.05) is 33.9 Å². The summed E-state index contributed by atoms with van der Waals surface area (Å²) >= 11 is 0. The van der Waals surface area contributed by atoms with Gasteiger partial charge in [0, 0.05) is 5.56 Å². The zero-order chi connectivity index (χ0) is 22.4. The van der Waals surface area contributed by atoms with Crippen LogP contribution >= 0.6 is 0 Å². The number of carbonyl (C=O) groups is 3. The van der Waals surface area contributed by atoms with Gasteiger partial charge in [-0.05, 0) is 42.4 Å². The van der Waals surface area contributed by atoms with Crippen LogP contribution in [0.15, 0.2) is 36.4 Å². The molecular weight excluding hydrogens is 405 g/mol. The molecule has 2 aromatic rings. The number of carbonyl (C=O) groups excluding carboxylic acids is 2. The number of benzene rings is 2. The van der Waals surface area contributed by atoms with Crippen molar-refractivity contribution in [2.24, 2.45) is 0 Å². The van der Waals surface area contributed by atoms with Gasteiger partial charge in [0.15, 0.2) is 0 Å². The highest BCUT2D eigenvalue weighted by Crippen LogP contribution is 2.40. The molecule has 0 unspecified atom stereocenters. The minimum absolute atomic E-state index is 0.0261. The Morgan fingerprint density at radius 1 is 1.07 bits per heavy atom. The van der Waals surface area contributed by atoms with Crippen molar-refractivity contribution in [3.8, 4) is 5.75 Å². The molecule has 2 amide bonds. The summed E-state index contributed by atoms with van der Waals surface area (Å²) in [4.78, 5) is 38.3. The second kappa shape index (κ2) is 7.35. The van der Waals surface area contributed by atoms with E-state index in [1.165, 1.54) is 18.2 Å². The number of hydrogen-bond donors (Lipinski definition) is 1. The van der Waals surface area contributed by atoms with Gasteiger partial charge in [0.2, 0.25) is 8.32 Å². The first-order valence-electron chi connectivity index (χ1n) is 9.54. The van der Waals surface area contributed by atoms with Crippen molar-refractivity contribution < 1.29 is 28.3 Å². The van der Waals surface area contributed by atoms with Crippen molar-refractivity contribution in [3.63, 3.8) is 0 Å². The molecule has 8 heteroatoms. The van der Waals surface area contributed by atoms with E-state index in [0.29, 0.717) is 0 Å². The van der Waals surface area contributed by atoms with Crippen LogP contribution in [0.3, 0.4) is 0 Å². The molecular formula is C22H24FNO5Si. The molecule has 0 spiro atoms. The average molecular weight is 430 g/mol. The molecule has 0 radical (unpaired) electrons. The van der Waals surface area contributed by atoms with E-state index >= 15 is 0 Å². The molecule has 0 fully saturated rings. The molecule has 0 atom stereocenters. The lowest BCUT2D eigenvalue weighted by atomic mass is 10.0. The fraction of sp³-hybridized carbons (Fsp3) is 0.318. The van der Waals surface area contributed by atoms with Gasteiger partial charge in [0.1, 0.15) is 17.1 Å². The number of carboxylic acid groups (broad SMARTS) is 1. The number of imide groups is 1. The Labute approximate surface area is 175 Å². The summed E-state index contributed by atoms with van der Waals surface area (Å²) in [6.07, 6.45) is 0. The summed E-state index contributed by atoms with van der Waals surface area (Å²) in [6, 6.07) is 8.76. The fourth-order valence-electron chi connectivity index (χ4n) is 3.05. The van der Waals surface area contributed by atoms with Gasteiger partial charge in [-0.25, -0.2) is 9.18 Å². The lowest BCUT2D eigenvalue weighted by Gasteiger charge is -2.37. The molecule has 1 heterocycles. The van der Waals surface area contributed by atoms with Crippen LogP contribution in [0, 0.1) is 5.82 Å². The Morgan fingerprint density at radius 2 is 1.60 bits per heavy atom. The van der Waals surface area contributed by atoms with Gasteiger partial charge in [-0.15, -0.1) is 0 Å². The van der Waals surface area contributed by atoms with Gasteiger partial charge in [-0.1, -0.05) is 32.9 Å². The highest BCUT2D eigenvalue weighted by Gasteiger charge is 2.41. The molecule has 6 nitrogen and oxygen atoms in total. The lowest BCUT2D eigenvalue weighted by Crippen LogP contribution is -2.44. The molecule has 0 saturated heterocycles. The number of halogens is 1. The molecule has 158 valence electrons. The number of aromatic carboxylic acids is 1. The van der Waals surface area contributed by atoms with Crippen molar-refractivity contribution in [1.29, 1.82) is 0 Å². The molecule has 1 aliphatic rings. The van der Waals surface area contributed by atoms with Gasteiger partial charge in [-0.3, -0.25) is 14.5 Å². The third-order valence-electron chi connectivity index (χ3n) is 5.80. The zero-order valence-corrected chi connectivity index (χ0v) is 18.6. The lowest BCUT2D eigenvalue weighted by molar-refractivity contribution is 0.0625. The van der Waals surface area contributed by atoms with Gasteiger partial charge >= 0.3 is 5.97 Å². The standard InChI is InChI=1S/C22H24FNO5Si/c1-22(2,3)30(4,5)29-17-11-10-16(23)18(21(27)28)15(17)12-24-19(25)13-8-6-7-9-14(13)20(24)26/h6-11H,12H2,1-5H3,(H,27,28). The third-order valence-corrected chi connectivity index (χ3v) is 10.1. The van der Waals surface area contributed by atoms with Crippen LogP contribution in [0.5, 0.6) is 5.75 Å². The average Bonchev–Trinajstić information content (AvgIpc) is 2.88. The quantitative estimate of drug-likeness (QED) is 0.550. The Bertz CT molecular complexity index is 1020. The zero-order valence-electron chi connectivity index (χ0n) is 17.6. The summed E-state index contributed by atoms with van der Waals surface area (Å²) < 4.78 is 20.7. The largest absolute Gasteiger partial charge is 0.543 e. The highest BCUT2D eigenvalue weighted by atomic mass is 28.4. The van der Waals surface area contributed by atoms with Crippen LogP contribution in [0.25, 0.3) is 0 Å². The second-order valence-corrected chi connectivity index (χ2v) is 13.5. The Kier molecular flexibility index (Phi) is 5.32. The predicted octanol–water partition coefficient (Wildman–Crippen LogP) is 4.70. The minimum Gasteiger partial charge on any atom is -0.543 e. The maximum absolute atomic E-state index is 14.5. The smallest absolute Gasteiger partial charge is 0.339 e. The monoisotopic (exact) mass is 429 g/mol. The maximum atomic E-state index is 14.5. The minimum atomic E-state index is -2.41. The van der Waals surface area contributed by atoms with Crippen molar-refractivity contribution in [2.75, 3.05) is 0 Å². The third kappa shape index (κ3) is 3.63. The van der Waals surface area contributed by atoms with Crippen molar-refractivity contribution in [3.05, 3.63) is 64.5 Å². The number of fused-ring (bicyclic) bond motifs is 1. The molecule has 2 aromatic carbocycles. The van der Waals surface area contributed by atoms with E-state index in [0.717, 1.165) is 11.0 Å². The maximum Gasteiger partial charge on any atom is 0.339 e. The van der Waals surface area contributed by atoms with Crippen LogP contribution in [-0.4, -0.2) is 36.1 Å². The topological polar surface area (TPSA) is 83.9 Å². The molecule has 3 rings (SSSR count). The van der Waals surface area contributed by atoms with Crippen LogP contribution < -0.4 is 4.43 Å². The summed E-state index contributed by atoms with van der Waals surface area (Å²) in [5, 5.41) is 9.44. The summed E-state index contributed by atoms with van der Waals surface area (Å²) in [5.41, 5.74) is -0.144. The number of hydrogen-bond acceptors (Lipinski definition) is 4. The molecule has 0 aliphatic carbocycles. The van der Waals surface area contributed by atoms with E-state index in [2.05, 4.69) is 0 Å². The normalized spacial score (nSPS) is 14.1. The molecule has 1 aliphatic heterocycles.